The summed E-state index contributed by atoms with van der Waals surface area (Å²) >= 11 is 1.26. The van der Waals surface area contributed by atoms with E-state index in [1.807, 2.05) is 6.92 Å². The average Bonchev–Trinajstić information content (AvgIpc) is 2.77. The summed E-state index contributed by atoms with van der Waals surface area (Å²) in [6, 6.07) is 3.43. The SMILES string of the molecule is CCN(CCCO)C(=O)c1ccc(NC(C)=O)s1. The summed E-state index contributed by atoms with van der Waals surface area (Å²) in [6.07, 6.45) is 0.573. The molecule has 0 aliphatic heterocycles. The van der Waals surface area contributed by atoms with Gasteiger partial charge >= 0.3 is 0 Å². The smallest absolute Gasteiger partial charge is 0.263 e. The van der Waals surface area contributed by atoms with Crippen LogP contribution in [-0.4, -0.2) is 41.5 Å². The van der Waals surface area contributed by atoms with E-state index in [1.165, 1.54) is 18.3 Å². The number of hydrogen-bond acceptors (Lipinski definition) is 4. The predicted octanol–water partition coefficient (Wildman–Crippen LogP) is 1.55. The van der Waals surface area contributed by atoms with Crippen LogP contribution in [0.4, 0.5) is 5.00 Å². The van der Waals surface area contributed by atoms with Crippen LogP contribution >= 0.6 is 11.3 Å². The third-order valence-corrected chi connectivity index (χ3v) is 3.36. The number of hydrogen-bond donors (Lipinski definition) is 2. The van der Waals surface area contributed by atoms with E-state index < -0.39 is 0 Å². The molecule has 0 unspecified atom stereocenters. The number of carbonyl (C=O) groups is 2. The fraction of sp³-hybridized carbons (Fsp3) is 0.500. The summed E-state index contributed by atoms with van der Waals surface area (Å²) < 4.78 is 0. The molecule has 0 aromatic carbocycles. The van der Waals surface area contributed by atoms with Gasteiger partial charge in [0.25, 0.3) is 5.91 Å². The van der Waals surface area contributed by atoms with Crippen molar-refractivity contribution >= 4 is 28.2 Å². The highest BCUT2D eigenvalue weighted by molar-refractivity contribution is 7.18. The van der Waals surface area contributed by atoms with Crippen LogP contribution in [0.25, 0.3) is 0 Å². The number of nitrogens with zero attached hydrogens (tertiary/aromatic N) is 1. The maximum Gasteiger partial charge on any atom is 0.263 e. The Labute approximate surface area is 110 Å². The molecule has 0 aliphatic rings. The molecule has 5 nitrogen and oxygen atoms in total. The lowest BCUT2D eigenvalue weighted by atomic mass is 10.3. The number of carbonyl (C=O) groups excluding carboxylic acids is 2. The molecule has 0 saturated heterocycles. The van der Waals surface area contributed by atoms with E-state index in [4.69, 9.17) is 5.11 Å². The molecule has 1 heterocycles. The van der Waals surface area contributed by atoms with Crippen LogP contribution in [0, 0.1) is 0 Å². The summed E-state index contributed by atoms with van der Waals surface area (Å²) in [5.41, 5.74) is 0. The van der Waals surface area contributed by atoms with Gasteiger partial charge in [0, 0.05) is 26.6 Å². The Balaban J connectivity index is 2.69. The van der Waals surface area contributed by atoms with Crippen molar-refractivity contribution in [3.63, 3.8) is 0 Å². The minimum atomic E-state index is -0.150. The number of aliphatic hydroxyl groups excluding tert-OH is 1. The summed E-state index contributed by atoms with van der Waals surface area (Å²) in [5.74, 6) is -0.212. The Bertz CT molecular complexity index is 417. The molecule has 0 radical (unpaired) electrons. The van der Waals surface area contributed by atoms with Gasteiger partial charge in [0.2, 0.25) is 5.91 Å². The Kier molecular flexibility index (Phi) is 5.80. The van der Waals surface area contributed by atoms with Gasteiger partial charge in [-0.15, -0.1) is 11.3 Å². The molecule has 0 spiro atoms. The monoisotopic (exact) mass is 270 g/mol. The van der Waals surface area contributed by atoms with Crippen molar-refractivity contribution < 1.29 is 14.7 Å². The normalized spacial score (nSPS) is 10.2. The lowest BCUT2D eigenvalue weighted by Gasteiger charge is -2.19. The molecule has 6 heteroatoms. The zero-order valence-corrected chi connectivity index (χ0v) is 11.4. The third-order valence-electron chi connectivity index (χ3n) is 2.37. The van der Waals surface area contributed by atoms with E-state index in [1.54, 1.807) is 17.0 Å². The lowest BCUT2D eigenvalue weighted by Crippen LogP contribution is -2.31. The molecule has 1 aromatic rings. The quantitative estimate of drug-likeness (QED) is 0.824. The van der Waals surface area contributed by atoms with Gasteiger partial charge in [-0.2, -0.15) is 0 Å². The molecule has 100 valence electrons. The van der Waals surface area contributed by atoms with Crippen molar-refractivity contribution in [3.05, 3.63) is 17.0 Å². The van der Waals surface area contributed by atoms with Gasteiger partial charge in [-0.1, -0.05) is 0 Å². The minimum Gasteiger partial charge on any atom is -0.396 e. The molecule has 0 aliphatic carbocycles. The summed E-state index contributed by atoms with van der Waals surface area (Å²) in [5, 5.41) is 12.1. The van der Waals surface area contributed by atoms with Crippen LogP contribution in [0.1, 0.15) is 29.9 Å². The van der Waals surface area contributed by atoms with Crippen LogP contribution in [0.3, 0.4) is 0 Å². The van der Waals surface area contributed by atoms with Gasteiger partial charge in [0.15, 0.2) is 0 Å². The zero-order chi connectivity index (χ0) is 13.5. The summed E-state index contributed by atoms with van der Waals surface area (Å²) in [6.45, 7) is 4.55. The van der Waals surface area contributed by atoms with Gasteiger partial charge in [0.1, 0.15) is 0 Å². The minimum absolute atomic E-state index is 0.0625. The number of rotatable bonds is 6. The fourth-order valence-electron chi connectivity index (χ4n) is 1.51. The molecule has 2 N–H and O–H groups in total. The second-order valence-electron chi connectivity index (χ2n) is 3.81. The number of amides is 2. The topological polar surface area (TPSA) is 69.6 Å². The van der Waals surface area contributed by atoms with Gasteiger partial charge in [-0.25, -0.2) is 0 Å². The lowest BCUT2D eigenvalue weighted by molar-refractivity contribution is -0.114. The second-order valence-corrected chi connectivity index (χ2v) is 4.89. The number of thiophene rings is 1. The Morgan fingerprint density at radius 1 is 1.44 bits per heavy atom. The molecular weight excluding hydrogens is 252 g/mol. The first kappa shape index (κ1) is 14.7. The molecule has 18 heavy (non-hydrogen) atoms. The van der Waals surface area contributed by atoms with E-state index in [2.05, 4.69) is 5.32 Å². The molecular formula is C12H18N2O3S. The molecule has 1 aromatic heterocycles. The van der Waals surface area contributed by atoms with Gasteiger partial charge in [-0.3, -0.25) is 9.59 Å². The predicted molar refractivity (Wildman–Crippen MR) is 71.9 cm³/mol. The van der Waals surface area contributed by atoms with E-state index in [9.17, 15) is 9.59 Å². The highest BCUT2D eigenvalue weighted by atomic mass is 32.1. The van der Waals surface area contributed by atoms with Crippen LogP contribution < -0.4 is 5.32 Å². The molecule has 0 fully saturated rings. The highest BCUT2D eigenvalue weighted by Gasteiger charge is 2.16. The highest BCUT2D eigenvalue weighted by Crippen LogP contribution is 2.23. The molecule has 0 saturated carbocycles. The molecule has 0 bridgehead atoms. The standard InChI is InChI=1S/C12H18N2O3S/c1-3-14(7-4-8-15)12(17)10-5-6-11(18-10)13-9(2)16/h5-6,15H,3-4,7-8H2,1-2H3,(H,13,16). The largest absolute Gasteiger partial charge is 0.396 e. The maximum absolute atomic E-state index is 12.1. The first-order valence-corrected chi connectivity index (χ1v) is 6.67. The van der Waals surface area contributed by atoms with E-state index >= 15 is 0 Å². The Morgan fingerprint density at radius 3 is 2.72 bits per heavy atom. The molecule has 2 amide bonds. The van der Waals surface area contributed by atoms with Crippen molar-refractivity contribution in [1.29, 1.82) is 0 Å². The fourth-order valence-corrected chi connectivity index (χ4v) is 2.43. The zero-order valence-electron chi connectivity index (χ0n) is 10.6. The van der Waals surface area contributed by atoms with E-state index in [0.29, 0.717) is 29.4 Å². The van der Waals surface area contributed by atoms with Gasteiger partial charge in [-0.05, 0) is 25.5 Å². The summed E-state index contributed by atoms with van der Waals surface area (Å²) in [4.78, 5) is 25.3. The van der Waals surface area contributed by atoms with Crippen molar-refractivity contribution in [2.24, 2.45) is 0 Å². The summed E-state index contributed by atoms with van der Waals surface area (Å²) in [7, 11) is 0. The Hall–Kier alpha value is -1.40. The van der Waals surface area contributed by atoms with Crippen LogP contribution in [-0.2, 0) is 4.79 Å². The first-order chi connectivity index (χ1) is 8.58. The maximum atomic E-state index is 12.1. The molecule has 0 atom stereocenters. The number of anilines is 1. The van der Waals surface area contributed by atoms with Crippen molar-refractivity contribution in [2.45, 2.75) is 20.3 Å². The third kappa shape index (κ3) is 4.12. The van der Waals surface area contributed by atoms with Crippen molar-refractivity contribution in [3.8, 4) is 0 Å². The van der Waals surface area contributed by atoms with Crippen LogP contribution in [0.5, 0.6) is 0 Å². The number of nitrogens with one attached hydrogen (secondary N) is 1. The van der Waals surface area contributed by atoms with Gasteiger partial charge < -0.3 is 15.3 Å². The Morgan fingerprint density at radius 2 is 2.17 bits per heavy atom. The average molecular weight is 270 g/mol. The van der Waals surface area contributed by atoms with Crippen LogP contribution in [0.15, 0.2) is 12.1 Å². The second kappa shape index (κ2) is 7.13. The van der Waals surface area contributed by atoms with E-state index in [-0.39, 0.29) is 18.4 Å². The van der Waals surface area contributed by atoms with Crippen LogP contribution in [0.2, 0.25) is 0 Å². The van der Waals surface area contributed by atoms with Gasteiger partial charge in [0.05, 0.1) is 9.88 Å². The molecule has 1 rings (SSSR count). The van der Waals surface area contributed by atoms with E-state index in [0.717, 1.165) is 0 Å². The van der Waals surface area contributed by atoms with Crippen molar-refractivity contribution in [2.75, 3.05) is 25.0 Å². The first-order valence-electron chi connectivity index (χ1n) is 5.86. The van der Waals surface area contributed by atoms with Crippen molar-refractivity contribution in [1.82, 2.24) is 4.90 Å². The number of aliphatic hydroxyl groups is 1.